The zero-order valence-corrected chi connectivity index (χ0v) is 14.2. The van der Waals surface area contributed by atoms with Crippen LogP contribution >= 0.6 is 0 Å². The molecule has 2 heterocycles. The number of nitrogens with one attached hydrogen (secondary N) is 1. The van der Waals surface area contributed by atoms with E-state index >= 15 is 0 Å². The van der Waals surface area contributed by atoms with Gasteiger partial charge >= 0.3 is 11.9 Å². The zero-order valence-electron chi connectivity index (χ0n) is 14.2. The Hall–Kier alpha value is -3.03. The van der Waals surface area contributed by atoms with Gasteiger partial charge in [-0.25, -0.2) is 0 Å². The summed E-state index contributed by atoms with van der Waals surface area (Å²) in [7, 11) is 0. The number of hydrogen-bond donors (Lipinski definition) is 1. The molecule has 1 amide bonds. The lowest BCUT2D eigenvalue weighted by molar-refractivity contribution is -0.166. The van der Waals surface area contributed by atoms with Gasteiger partial charge in [0.15, 0.2) is 17.6 Å². The molecule has 3 atom stereocenters. The molecule has 2 aliphatic heterocycles. The van der Waals surface area contributed by atoms with Crippen molar-refractivity contribution in [3.05, 3.63) is 29.3 Å². The smallest absolute Gasteiger partial charge is 0.303 e. The Labute approximate surface area is 149 Å². The number of esters is 2. The fraction of sp³-hybridized carbons (Fsp3) is 0.389. The molecule has 0 radical (unpaired) electrons. The number of carbonyl (C=O) groups excluding carboxylic acids is 3. The Bertz CT molecular complexity index is 844. The van der Waals surface area contributed by atoms with Crippen LogP contribution in [0.5, 0.6) is 11.5 Å². The van der Waals surface area contributed by atoms with Gasteiger partial charge in [0.25, 0.3) is 5.91 Å². The zero-order chi connectivity index (χ0) is 18.4. The van der Waals surface area contributed by atoms with Crippen LogP contribution in [0.4, 0.5) is 0 Å². The maximum Gasteiger partial charge on any atom is 0.303 e. The highest BCUT2D eigenvalue weighted by Gasteiger charge is 2.44. The van der Waals surface area contributed by atoms with E-state index in [-0.39, 0.29) is 12.7 Å². The summed E-state index contributed by atoms with van der Waals surface area (Å²) >= 11 is 0. The second kappa shape index (κ2) is 6.05. The average molecular weight is 359 g/mol. The van der Waals surface area contributed by atoms with Gasteiger partial charge in [-0.1, -0.05) is 6.08 Å². The van der Waals surface area contributed by atoms with Gasteiger partial charge < -0.3 is 24.3 Å². The highest BCUT2D eigenvalue weighted by molar-refractivity contribution is 6.05. The molecule has 1 aliphatic carbocycles. The Kier molecular flexibility index (Phi) is 3.82. The third-order valence-electron chi connectivity index (χ3n) is 4.57. The summed E-state index contributed by atoms with van der Waals surface area (Å²) < 4.78 is 21.4. The lowest BCUT2D eigenvalue weighted by Crippen LogP contribution is -2.55. The summed E-state index contributed by atoms with van der Waals surface area (Å²) in [5, 5.41) is 2.85. The van der Waals surface area contributed by atoms with E-state index in [0.717, 1.165) is 5.57 Å². The van der Waals surface area contributed by atoms with Crippen LogP contribution in [-0.4, -0.2) is 42.9 Å². The Morgan fingerprint density at radius 1 is 1.08 bits per heavy atom. The quantitative estimate of drug-likeness (QED) is 0.791. The molecule has 8 nitrogen and oxygen atoms in total. The van der Waals surface area contributed by atoms with Gasteiger partial charge in [0.05, 0.1) is 11.6 Å². The van der Waals surface area contributed by atoms with Crippen LogP contribution in [0.15, 0.2) is 18.2 Å². The molecule has 3 aliphatic rings. The van der Waals surface area contributed by atoms with Gasteiger partial charge in [0.2, 0.25) is 6.79 Å². The maximum absolute atomic E-state index is 12.6. The van der Waals surface area contributed by atoms with Crippen molar-refractivity contribution in [2.45, 2.75) is 38.5 Å². The number of amides is 1. The van der Waals surface area contributed by atoms with Crippen molar-refractivity contribution < 1.29 is 33.3 Å². The number of benzene rings is 1. The summed E-state index contributed by atoms with van der Waals surface area (Å²) in [5.74, 6) is -0.234. The summed E-state index contributed by atoms with van der Waals surface area (Å²) in [6.07, 6.45) is 0.784. The number of rotatable bonds is 2. The predicted octanol–water partition coefficient (Wildman–Crippen LogP) is 1.18. The molecular weight excluding hydrogens is 342 g/mol. The first-order valence-electron chi connectivity index (χ1n) is 8.23. The highest BCUT2D eigenvalue weighted by atomic mass is 16.7. The van der Waals surface area contributed by atoms with Gasteiger partial charge in [-0.3, -0.25) is 14.4 Å². The van der Waals surface area contributed by atoms with Crippen LogP contribution in [-0.2, 0) is 19.1 Å². The van der Waals surface area contributed by atoms with Crippen LogP contribution in [0.2, 0.25) is 0 Å². The molecule has 4 rings (SSSR count). The average Bonchev–Trinajstić information content (AvgIpc) is 3.02. The Morgan fingerprint density at radius 2 is 1.73 bits per heavy atom. The SMILES string of the molecule is CC(=O)O[C@H]1[C@@H]2NC(=O)c3cc4c(cc3C2=CC[C@H]1OC(C)=O)OCO4. The van der Waals surface area contributed by atoms with Crippen LogP contribution in [0.3, 0.4) is 0 Å². The van der Waals surface area contributed by atoms with Crippen molar-refractivity contribution in [2.75, 3.05) is 6.79 Å². The first-order chi connectivity index (χ1) is 12.4. The minimum atomic E-state index is -0.807. The molecule has 0 spiro atoms. The van der Waals surface area contributed by atoms with Crippen molar-refractivity contribution in [2.24, 2.45) is 0 Å². The van der Waals surface area contributed by atoms with E-state index in [1.165, 1.54) is 13.8 Å². The number of carbonyl (C=O) groups is 3. The van der Waals surface area contributed by atoms with Crippen molar-refractivity contribution in [1.29, 1.82) is 0 Å². The lowest BCUT2D eigenvalue weighted by Gasteiger charge is -2.40. The van der Waals surface area contributed by atoms with E-state index < -0.39 is 30.2 Å². The molecule has 26 heavy (non-hydrogen) atoms. The Balaban J connectivity index is 1.77. The molecule has 1 N–H and O–H groups in total. The molecule has 0 aromatic heterocycles. The van der Waals surface area contributed by atoms with Crippen molar-refractivity contribution in [3.8, 4) is 11.5 Å². The summed E-state index contributed by atoms with van der Waals surface area (Å²) in [6.45, 7) is 2.67. The number of hydrogen-bond acceptors (Lipinski definition) is 7. The largest absolute Gasteiger partial charge is 0.458 e. The molecule has 0 fully saturated rings. The number of ether oxygens (including phenoxy) is 4. The summed E-state index contributed by atoms with van der Waals surface area (Å²) in [5.41, 5.74) is 1.96. The van der Waals surface area contributed by atoms with E-state index in [0.29, 0.717) is 29.0 Å². The second-order valence-electron chi connectivity index (χ2n) is 6.32. The lowest BCUT2D eigenvalue weighted by atomic mass is 9.80. The van der Waals surface area contributed by atoms with E-state index in [4.69, 9.17) is 18.9 Å². The van der Waals surface area contributed by atoms with Crippen LogP contribution in [0, 0.1) is 0 Å². The molecule has 136 valence electrons. The van der Waals surface area contributed by atoms with Gasteiger partial charge in [0, 0.05) is 20.3 Å². The van der Waals surface area contributed by atoms with Crippen molar-refractivity contribution in [3.63, 3.8) is 0 Å². The standard InChI is InChI=1S/C18H17NO7/c1-8(20)25-13-4-3-10-11-5-14-15(24-7-23-14)6-12(11)18(22)19-16(10)17(13)26-9(2)21/h3,5-6,13,16-17H,4,7H2,1-2H3,(H,19,22)/t13-,16-,17-/m1/s1. The first kappa shape index (κ1) is 16.4. The van der Waals surface area contributed by atoms with Crippen molar-refractivity contribution in [1.82, 2.24) is 5.32 Å². The monoisotopic (exact) mass is 359 g/mol. The van der Waals surface area contributed by atoms with E-state index in [1.807, 2.05) is 6.08 Å². The third-order valence-corrected chi connectivity index (χ3v) is 4.57. The normalized spacial score (nSPS) is 25.4. The van der Waals surface area contributed by atoms with E-state index in [9.17, 15) is 14.4 Å². The van der Waals surface area contributed by atoms with Gasteiger partial charge in [0.1, 0.15) is 6.10 Å². The van der Waals surface area contributed by atoms with E-state index in [1.54, 1.807) is 12.1 Å². The fourth-order valence-electron chi connectivity index (χ4n) is 3.58. The Morgan fingerprint density at radius 3 is 2.38 bits per heavy atom. The molecule has 0 saturated carbocycles. The van der Waals surface area contributed by atoms with Gasteiger partial charge in [-0.15, -0.1) is 0 Å². The minimum absolute atomic E-state index is 0.104. The predicted molar refractivity (Wildman–Crippen MR) is 87.5 cm³/mol. The van der Waals surface area contributed by atoms with Crippen LogP contribution in [0.1, 0.15) is 36.2 Å². The molecular formula is C18H17NO7. The van der Waals surface area contributed by atoms with Crippen LogP contribution < -0.4 is 14.8 Å². The molecule has 0 bridgehead atoms. The van der Waals surface area contributed by atoms with Crippen LogP contribution in [0.25, 0.3) is 5.57 Å². The maximum atomic E-state index is 12.6. The third kappa shape index (κ3) is 2.67. The molecule has 1 aromatic rings. The second-order valence-corrected chi connectivity index (χ2v) is 6.32. The summed E-state index contributed by atoms with van der Waals surface area (Å²) in [6, 6.07) is 2.78. The first-order valence-corrected chi connectivity index (χ1v) is 8.23. The summed E-state index contributed by atoms with van der Waals surface area (Å²) in [4.78, 5) is 35.6. The molecule has 8 heteroatoms. The molecule has 0 unspecified atom stereocenters. The molecule has 1 aromatic carbocycles. The number of fused-ring (bicyclic) bond motifs is 4. The highest BCUT2D eigenvalue weighted by Crippen LogP contribution is 2.42. The van der Waals surface area contributed by atoms with Gasteiger partial charge in [-0.05, 0) is 23.3 Å². The van der Waals surface area contributed by atoms with E-state index in [2.05, 4.69) is 5.32 Å². The minimum Gasteiger partial charge on any atom is -0.458 e. The topological polar surface area (TPSA) is 100 Å². The fourth-order valence-corrected chi connectivity index (χ4v) is 3.58. The van der Waals surface area contributed by atoms with Gasteiger partial charge in [-0.2, -0.15) is 0 Å². The van der Waals surface area contributed by atoms with Crippen molar-refractivity contribution >= 4 is 23.4 Å². The molecule has 0 saturated heterocycles.